The van der Waals surface area contributed by atoms with Crippen molar-refractivity contribution >= 4 is 35.9 Å². The minimum absolute atomic E-state index is 0.377. The van der Waals surface area contributed by atoms with Gasteiger partial charge in [-0.1, -0.05) is 0 Å². The van der Waals surface area contributed by atoms with Gasteiger partial charge in [0.1, 0.15) is 0 Å². The number of rotatable bonds is 3. The van der Waals surface area contributed by atoms with Crippen LogP contribution in [0.5, 0.6) is 0 Å². The van der Waals surface area contributed by atoms with E-state index >= 15 is 0 Å². The fourth-order valence-electron chi connectivity index (χ4n) is 2.32. The van der Waals surface area contributed by atoms with E-state index in [0.717, 1.165) is 29.2 Å². The van der Waals surface area contributed by atoms with E-state index in [1.54, 1.807) is 0 Å². The Balaban J connectivity index is 2.07. The second kappa shape index (κ2) is 5.17. The number of hydrogen-bond donors (Lipinski definition) is 0. The third-order valence-electron chi connectivity index (χ3n) is 3.14. The van der Waals surface area contributed by atoms with Gasteiger partial charge in [0.15, 0.2) is 0 Å². The predicted octanol–water partition coefficient (Wildman–Crippen LogP) is 1.55. The van der Waals surface area contributed by atoms with Crippen molar-refractivity contribution in [3.05, 3.63) is 18.3 Å². The number of aromatic nitrogens is 3. The van der Waals surface area contributed by atoms with Crippen LogP contribution < -0.4 is 3.71 Å². The van der Waals surface area contributed by atoms with Crippen molar-refractivity contribution in [3.63, 3.8) is 0 Å². The van der Waals surface area contributed by atoms with Gasteiger partial charge in [0.05, 0.1) is 0 Å². The Morgan fingerprint density at radius 2 is 2.39 bits per heavy atom. The third-order valence-corrected chi connectivity index (χ3v) is 6.63. The van der Waals surface area contributed by atoms with Crippen LogP contribution in [0.3, 0.4) is 0 Å². The van der Waals surface area contributed by atoms with Crippen LogP contribution in [-0.2, 0) is 4.74 Å². The second-order valence-corrected chi connectivity index (χ2v) is 10.5. The second-order valence-electron chi connectivity index (χ2n) is 4.98. The Hall–Kier alpha value is -0.621. The predicted molar refractivity (Wildman–Crippen MR) is 72.5 cm³/mol. The van der Waals surface area contributed by atoms with E-state index in [-0.39, 0.29) is 0 Å². The van der Waals surface area contributed by atoms with Crippen LogP contribution in [0.15, 0.2) is 18.3 Å². The van der Waals surface area contributed by atoms with Gasteiger partial charge < -0.3 is 0 Å². The third kappa shape index (κ3) is 2.28. The molecule has 0 N–H and O–H groups in total. The molecule has 2 radical (unpaired) electrons. The van der Waals surface area contributed by atoms with Crippen LogP contribution in [0.1, 0.15) is 26.3 Å². The Morgan fingerprint density at radius 3 is 3.11 bits per heavy atom. The van der Waals surface area contributed by atoms with Crippen LogP contribution in [0.25, 0.3) is 11.0 Å². The van der Waals surface area contributed by atoms with E-state index in [2.05, 4.69) is 29.6 Å². The number of pyridine rings is 1. The van der Waals surface area contributed by atoms with Crippen molar-refractivity contribution in [2.75, 3.05) is 13.2 Å². The molecule has 3 heterocycles. The monoisotopic (exact) mass is 351 g/mol. The molecule has 1 atom stereocenters. The summed E-state index contributed by atoms with van der Waals surface area (Å²) < 4.78 is 9.70. The molecule has 0 saturated carbocycles. The van der Waals surface area contributed by atoms with Crippen molar-refractivity contribution in [1.29, 1.82) is 0 Å². The Labute approximate surface area is 117 Å². The summed E-state index contributed by atoms with van der Waals surface area (Å²) in [5.41, 5.74) is 1.05. The molecule has 94 valence electrons. The van der Waals surface area contributed by atoms with E-state index in [1.165, 1.54) is 9.10 Å². The molecule has 1 fully saturated rings. The SMILES string of the molecule is C[CH](C)[Sn][c]1nn(C2CCOC2)c2ncccc12. The first kappa shape index (κ1) is 12.4. The summed E-state index contributed by atoms with van der Waals surface area (Å²) in [6.45, 7) is 6.22. The van der Waals surface area contributed by atoms with Crippen LogP contribution in [-0.4, -0.2) is 49.1 Å². The zero-order valence-electron chi connectivity index (χ0n) is 10.8. The Kier molecular flexibility index (Phi) is 3.56. The summed E-state index contributed by atoms with van der Waals surface area (Å²) in [6.07, 6.45) is 2.92. The summed E-state index contributed by atoms with van der Waals surface area (Å²) in [7, 11) is 0. The van der Waals surface area contributed by atoms with Crippen molar-refractivity contribution in [3.8, 4) is 0 Å². The van der Waals surface area contributed by atoms with E-state index in [9.17, 15) is 0 Å². The zero-order valence-corrected chi connectivity index (χ0v) is 13.6. The molecule has 0 bridgehead atoms. The van der Waals surface area contributed by atoms with Gasteiger partial charge in [0.25, 0.3) is 0 Å². The molecule has 18 heavy (non-hydrogen) atoms. The number of nitrogens with zero attached hydrogens (tertiary/aromatic N) is 3. The fourth-order valence-corrected chi connectivity index (χ4v) is 5.36. The van der Waals surface area contributed by atoms with Crippen LogP contribution in [0, 0.1) is 0 Å². The van der Waals surface area contributed by atoms with Crippen LogP contribution in [0.4, 0.5) is 0 Å². The zero-order chi connectivity index (χ0) is 12.5. The molecular formula is C13H17N3OSn. The average molecular weight is 350 g/mol. The van der Waals surface area contributed by atoms with E-state index in [1.807, 2.05) is 12.3 Å². The summed E-state index contributed by atoms with van der Waals surface area (Å²) in [5.74, 6) is 0. The molecule has 0 aliphatic carbocycles. The summed E-state index contributed by atoms with van der Waals surface area (Å²) in [6, 6.07) is 4.56. The van der Waals surface area contributed by atoms with Crippen LogP contribution >= 0.6 is 0 Å². The summed E-state index contributed by atoms with van der Waals surface area (Å²) >= 11 is -0.613. The van der Waals surface area contributed by atoms with Crippen molar-refractivity contribution in [1.82, 2.24) is 14.8 Å². The van der Waals surface area contributed by atoms with Gasteiger partial charge >= 0.3 is 117 Å². The van der Waals surface area contributed by atoms with Gasteiger partial charge in [0, 0.05) is 0 Å². The average Bonchev–Trinajstić information content (AvgIpc) is 2.96. The van der Waals surface area contributed by atoms with Crippen LogP contribution in [0.2, 0.25) is 3.93 Å². The van der Waals surface area contributed by atoms with Gasteiger partial charge in [0.2, 0.25) is 0 Å². The quantitative estimate of drug-likeness (QED) is 0.789. The first-order valence-corrected chi connectivity index (χ1v) is 9.50. The van der Waals surface area contributed by atoms with E-state index in [0.29, 0.717) is 6.04 Å². The molecule has 5 heteroatoms. The fraction of sp³-hybridized carbons (Fsp3) is 0.538. The molecule has 0 aromatic carbocycles. The molecule has 0 spiro atoms. The van der Waals surface area contributed by atoms with Gasteiger partial charge in [-0.2, -0.15) is 0 Å². The molecular weight excluding hydrogens is 333 g/mol. The summed E-state index contributed by atoms with van der Waals surface area (Å²) in [4.78, 5) is 4.53. The molecule has 4 nitrogen and oxygen atoms in total. The molecule has 1 aliphatic rings. The Morgan fingerprint density at radius 1 is 1.50 bits per heavy atom. The normalized spacial score (nSPS) is 20.1. The molecule has 1 aliphatic heterocycles. The first-order chi connectivity index (χ1) is 8.75. The molecule has 1 saturated heterocycles. The van der Waals surface area contributed by atoms with E-state index < -0.39 is 21.1 Å². The van der Waals surface area contributed by atoms with Gasteiger partial charge in [-0.25, -0.2) is 0 Å². The first-order valence-electron chi connectivity index (χ1n) is 6.43. The topological polar surface area (TPSA) is 39.9 Å². The van der Waals surface area contributed by atoms with Gasteiger partial charge in [-0.05, 0) is 0 Å². The molecule has 2 aromatic rings. The van der Waals surface area contributed by atoms with Gasteiger partial charge in [-0.15, -0.1) is 0 Å². The van der Waals surface area contributed by atoms with E-state index in [4.69, 9.17) is 9.84 Å². The van der Waals surface area contributed by atoms with Gasteiger partial charge in [-0.3, -0.25) is 0 Å². The standard InChI is InChI=1S/C10H10N3O.C3H7.Sn/c1-2-8-6-12-13(10(8)11-4-1)9-3-5-14-7-9;1-3-2;/h1-2,4,9H,3,5,7H2;3H,1-2H3;. The maximum absolute atomic E-state index is 5.48. The molecule has 3 rings (SSSR count). The number of fused-ring (bicyclic) bond motifs is 1. The maximum atomic E-state index is 5.48. The molecule has 0 amide bonds. The van der Waals surface area contributed by atoms with Crippen molar-refractivity contribution in [2.45, 2.75) is 30.2 Å². The minimum atomic E-state index is -0.613. The van der Waals surface area contributed by atoms with Crippen molar-refractivity contribution < 1.29 is 4.74 Å². The number of hydrogen-bond acceptors (Lipinski definition) is 3. The number of ether oxygens (including phenoxy) is 1. The molecule has 2 aromatic heterocycles. The van der Waals surface area contributed by atoms with Crippen molar-refractivity contribution in [2.24, 2.45) is 0 Å². The summed E-state index contributed by atoms with van der Waals surface area (Å²) in [5, 5.41) is 6.13. The molecule has 1 unspecified atom stereocenters. The Bertz CT molecular complexity index is 546.